The van der Waals surface area contributed by atoms with Gasteiger partial charge in [0, 0.05) is 12.6 Å². The monoisotopic (exact) mass is 217 g/mol. The minimum Gasteiger partial charge on any atom is -0.396 e. The van der Waals surface area contributed by atoms with Crippen LogP contribution < -0.4 is 5.32 Å². The van der Waals surface area contributed by atoms with Crippen molar-refractivity contribution in [2.75, 3.05) is 12.4 Å². The summed E-state index contributed by atoms with van der Waals surface area (Å²) in [6.45, 7) is 2.20. The van der Waals surface area contributed by atoms with Crippen LogP contribution in [0.25, 0.3) is 0 Å². The molecule has 0 radical (unpaired) electrons. The van der Waals surface area contributed by atoms with Crippen LogP contribution in [0.15, 0.2) is 0 Å². The highest BCUT2D eigenvalue weighted by atomic mass is 32.2. The molecule has 0 aromatic carbocycles. The van der Waals surface area contributed by atoms with Crippen LogP contribution in [0.5, 0.6) is 0 Å². The first kappa shape index (κ1) is 11.9. The Morgan fingerprint density at radius 1 is 1.71 bits per heavy atom. The molecule has 0 aromatic heterocycles. The Balaban J connectivity index is 2.18. The summed E-state index contributed by atoms with van der Waals surface area (Å²) in [5, 5.41) is 11.8. The van der Waals surface area contributed by atoms with E-state index in [1.54, 1.807) is 11.8 Å². The first-order chi connectivity index (χ1) is 6.74. The van der Waals surface area contributed by atoms with Crippen LogP contribution in [0.4, 0.5) is 0 Å². The molecule has 1 rings (SSSR count). The lowest BCUT2D eigenvalue weighted by Crippen LogP contribution is -2.37. The fourth-order valence-corrected chi connectivity index (χ4v) is 2.76. The van der Waals surface area contributed by atoms with Crippen LogP contribution >= 0.6 is 11.8 Å². The smallest absolute Gasteiger partial charge is 0.233 e. The molecule has 4 heteroatoms. The molecular formula is C10H19NO2S. The van der Waals surface area contributed by atoms with Crippen molar-refractivity contribution in [1.82, 2.24) is 5.32 Å². The summed E-state index contributed by atoms with van der Waals surface area (Å²) >= 11 is 1.75. The number of aliphatic hydroxyl groups excluding tert-OH is 1. The fourth-order valence-electron chi connectivity index (χ4n) is 1.59. The van der Waals surface area contributed by atoms with E-state index < -0.39 is 0 Å². The van der Waals surface area contributed by atoms with E-state index in [0.717, 1.165) is 31.4 Å². The Bertz CT molecular complexity index is 181. The number of nitrogens with one attached hydrogen (secondary N) is 1. The van der Waals surface area contributed by atoms with E-state index in [1.807, 2.05) is 6.92 Å². The molecular weight excluding hydrogens is 198 g/mol. The number of amides is 1. The Hall–Kier alpha value is -0.220. The highest BCUT2D eigenvalue weighted by Gasteiger charge is 2.23. The van der Waals surface area contributed by atoms with E-state index in [0.29, 0.717) is 0 Å². The second-order valence-corrected chi connectivity index (χ2v) is 5.09. The van der Waals surface area contributed by atoms with Crippen LogP contribution in [0.3, 0.4) is 0 Å². The Labute approximate surface area is 89.6 Å². The lowest BCUT2D eigenvalue weighted by atomic mass is 10.1. The predicted molar refractivity (Wildman–Crippen MR) is 59.4 cm³/mol. The van der Waals surface area contributed by atoms with Crippen LogP contribution in [-0.2, 0) is 4.79 Å². The van der Waals surface area contributed by atoms with E-state index in [4.69, 9.17) is 5.11 Å². The fraction of sp³-hybridized carbons (Fsp3) is 0.900. The predicted octanol–water partition coefficient (Wildman–Crippen LogP) is 1.16. The van der Waals surface area contributed by atoms with Crippen molar-refractivity contribution in [2.24, 2.45) is 0 Å². The molecule has 1 saturated heterocycles. The third kappa shape index (κ3) is 3.88. The minimum absolute atomic E-state index is 0.173. The third-order valence-electron chi connectivity index (χ3n) is 2.41. The molecule has 2 N–H and O–H groups in total. The van der Waals surface area contributed by atoms with Crippen molar-refractivity contribution in [2.45, 2.75) is 43.9 Å². The maximum absolute atomic E-state index is 11.6. The van der Waals surface area contributed by atoms with Crippen LogP contribution in [0.2, 0.25) is 0 Å². The van der Waals surface area contributed by atoms with Gasteiger partial charge in [0.15, 0.2) is 0 Å². The Morgan fingerprint density at radius 2 is 2.50 bits per heavy atom. The molecule has 0 spiro atoms. The Morgan fingerprint density at radius 3 is 3.07 bits per heavy atom. The van der Waals surface area contributed by atoms with Crippen molar-refractivity contribution in [1.29, 1.82) is 0 Å². The lowest BCUT2D eigenvalue weighted by molar-refractivity contribution is -0.121. The molecule has 2 atom stereocenters. The minimum atomic E-state index is 0.173. The molecule has 1 heterocycles. The highest BCUT2D eigenvalue weighted by molar-refractivity contribution is 8.00. The summed E-state index contributed by atoms with van der Waals surface area (Å²) in [5.41, 5.74) is 0. The highest BCUT2D eigenvalue weighted by Crippen LogP contribution is 2.26. The largest absolute Gasteiger partial charge is 0.396 e. The van der Waals surface area contributed by atoms with Gasteiger partial charge in [0.1, 0.15) is 0 Å². The van der Waals surface area contributed by atoms with Crippen molar-refractivity contribution < 1.29 is 9.90 Å². The SMILES string of the molecule is CC(CCCO)NC(=O)C1CCCS1. The second-order valence-electron chi connectivity index (χ2n) is 3.78. The van der Waals surface area contributed by atoms with Crippen molar-refractivity contribution in [3.05, 3.63) is 0 Å². The standard InChI is InChI=1S/C10H19NO2S/c1-8(4-2-6-12)11-10(13)9-5-3-7-14-9/h8-9,12H,2-7H2,1H3,(H,11,13). The molecule has 82 valence electrons. The van der Waals surface area contributed by atoms with Gasteiger partial charge in [-0.25, -0.2) is 0 Å². The van der Waals surface area contributed by atoms with Gasteiger partial charge in [-0.2, -0.15) is 0 Å². The molecule has 0 aliphatic carbocycles. The lowest BCUT2D eigenvalue weighted by Gasteiger charge is -2.15. The molecule has 1 amide bonds. The van der Waals surface area contributed by atoms with Crippen LogP contribution in [0, 0.1) is 0 Å². The zero-order valence-corrected chi connectivity index (χ0v) is 9.48. The number of thioether (sulfide) groups is 1. The summed E-state index contributed by atoms with van der Waals surface area (Å²) in [6, 6.07) is 0.191. The first-order valence-corrected chi connectivity index (χ1v) is 6.31. The molecule has 0 aromatic rings. The summed E-state index contributed by atoms with van der Waals surface area (Å²) < 4.78 is 0. The van der Waals surface area contributed by atoms with Gasteiger partial charge >= 0.3 is 0 Å². The number of carbonyl (C=O) groups is 1. The molecule has 0 bridgehead atoms. The van der Waals surface area contributed by atoms with Gasteiger partial charge in [-0.3, -0.25) is 4.79 Å². The second kappa shape index (κ2) is 6.30. The summed E-state index contributed by atoms with van der Waals surface area (Å²) in [5.74, 6) is 1.29. The van der Waals surface area contributed by atoms with Crippen molar-refractivity contribution in [3.8, 4) is 0 Å². The summed E-state index contributed by atoms with van der Waals surface area (Å²) in [6.07, 6.45) is 3.80. The van der Waals surface area contributed by atoms with Gasteiger partial charge < -0.3 is 10.4 Å². The van der Waals surface area contributed by atoms with E-state index >= 15 is 0 Å². The van der Waals surface area contributed by atoms with Gasteiger partial charge in [0.05, 0.1) is 5.25 Å². The van der Waals surface area contributed by atoms with Crippen molar-refractivity contribution in [3.63, 3.8) is 0 Å². The Kier molecular flexibility index (Phi) is 5.33. The average Bonchev–Trinajstić information content (AvgIpc) is 2.67. The summed E-state index contributed by atoms with van der Waals surface area (Å²) in [7, 11) is 0. The van der Waals surface area contributed by atoms with Crippen LogP contribution in [-0.4, -0.2) is 34.7 Å². The molecule has 1 aliphatic heterocycles. The topological polar surface area (TPSA) is 49.3 Å². The molecule has 0 saturated carbocycles. The van der Waals surface area contributed by atoms with E-state index in [-0.39, 0.29) is 23.8 Å². The number of carbonyl (C=O) groups excluding carboxylic acids is 1. The normalized spacial score (nSPS) is 23.4. The molecule has 14 heavy (non-hydrogen) atoms. The third-order valence-corrected chi connectivity index (χ3v) is 3.78. The maximum atomic E-state index is 11.6. The van der Waals surface area contributed by atoms with Gasteiger partial charge in [-0.05, 0) is 38.4 Å². The van der Waals surface area contributed by atoms with Crippen molar-refractivity contribution >= 4 is 17.7 Å². The van der Waals surface area contributed by atoms with E-state index in [1.165, 1.54) is 0 Å². The van der Waals surface area contributed by atoms with Gasteiger partial charge in [-0.15, -0.1) is 11.8 Å². The molecule has 3 nitrogen and oxygen atoms in total. The number of hydrogen-bond donors (Lipinski definition) is 2. The number of aliphatic hydroxyl groups is 1. The first-order valence-electron chi connectivity index (χ1n) is 5.27. The molecule has 2 unspecified atom stereocenters. The van der Waals surface area contributed by atoms with Gasteiger partial charge in [0.2, 0.25) is 5.91 Å². The van der Waals surface area contributed by atoms with Crippen LogP contribution in [0.1, 0.15) is 32.6 Å². The zero-order chi connectivity index (χ0) is 10.4. The zero-order valence-electron chi connectivity index (χ0n) is 8.66. The van der Waals surface area contributed by atoms with E-state index in [9.17, 15) is 4.79 Å². The maximum Gasteiger partial charge on any atom is 0.233 e. The number of hydrogen-bond acceptors (Lipinski definition) is 3. The quantitative estimate of drug-likeness (QED) is 0.726. The average molecular weight is 217 g/mol. The molecule has 1 fully saturated rings. The van der Waals surface area contributed by atoms with Gasteiger partial charge in [0.25, 0.3) is 0 Å². The summed E-state index contributed by atoms with van der Waals surface area (Å²) in [4.78, 5) is 11.6. The number of rotatable bonds is 5. The van der Waals surface area contributed by atoms with Gasteiger partial charge in [-0.1, -0.05) is 0 Å². The van der Waals surface area contributed by atoms with E-state index in [2.05, 4.69) is 5.32 Å². The molecule has 1 aliphatic rings.